The summed E-state index contributed by atoms with van der Waals surface area (Å²) in [4.78, 5) is 37.9. The molecule has 0 spiro atoms. The van der Waals surface area contributed by atoms with E-state index in [9.17, 15) is 14.4 Å². The summed E-state index contributed by atoms with van der Waals surface area (Å²) in [5, 5.41) is 0. The van der Waals surface area contributed by atoms with Crippen LogP contribution in [0.5, 0.6) is 0 Å². The monoisotopic (exact) mass is 1010 g/mol. The zero-order chi connectivity index (χ0) is 52.9. The first-order chi connectivity index (χ1) is 36.0. The van der Waals surface area contributed by atoms with Crippen molar-refractivity contribution in [3.63, 3.8) is 0 Å². The second kappa shape index (κ2) is 60.4. The van der Waals surface area contributed by atoms with Gasteiger partial charge in [-0.05, 0) is 89.9 Å². The molecule has 0 rings (SSSR count). The first kappa shape index (κ1) is 68.8. The van der Waals surface area contributed by atoms with Crippen molar-refractivity contribution in [1.29, 1.82) is 0 Å². The fourth-order valence-corrected chi connectivity index (χ4v) is 8.07. The Bertz CT molecular complexity index is 1540. The molecule has 0 fully saturated rings. The molecular weight excluding hydrogens is 901 g/mol. The molecule has 0 aliphatic rings. The van der Waals surface area contributed by atoms with Crippen molar-refractivity contribution >= 4 is 17.9 Å². The summed E-state index contributed by atoms with van der Waals surface area (Å²) in [7, 11) is 0. The highest BCUT2D eigenvalue weighted by molar-refractivity contribution is 5.72. The van der Waals surface area contributed by atoms with Crippen LogP contribution in [-0.2, 0) is 28.6 Å². The van der Waals surface area contributed by atoms with Gasteiger partial charge in [-0.2, -0.15) is 0 Å². The number of rotatable bonds is 53. The van der Waals surface area contributed by atoms with Gasteiger partial charge < -0.3 is 14.2 Å². The van der Waals surface area contributed by atoms with Crippen molar-refractivity contribution in [2.75, 3.05) is 13.2 Å². The molecule has 73 heavy (non-hydrogen) atoms. The van der Waals surface area contributed by atoms with E-state index in [0.29, 0.717) is 12.8 Å². The van der Waals surface area contributed by atoms with Gasteiger partial charge >= 0.3 is 17.9 Å². The largest absolute Gasteiger partial charge is 0.462 e. The average molecular weight is 1010 g/mol. The minimum absolute atomic E-state index is 0.0962. The molecule has 0 aliphatic heterocycles. The highest BCUT2D eigenvalue weighted by Gasteiger charge is 2.19. The molecule has 1 unspecified atom stereocenters. The topological polar surface area (TPSA) is 78.9 Å². The number of esters is 3. The van der Waals surface area contributed by atoms with Crippen LogP contribution in [0.3, 0.4) is 0 Å². The molecule has 0 aromatic rings. The van der Waals surface area contributed by atoms with Crippen LogP contribution < -0.4 is 0 Å². The number of ether oxygens (including phenoxy) is 3. The zero-order valence-corrected chi connectivity index (χ0v) is 47.4. The normalized spacial score (nSPS) is 13.0. The zero-order valence-electron chi connectivity index (χ0n) is 47.4. The Kier molecular flexibility index (Phi) is 56.9. The molecule has 0 N–H and O–H groups in total. The van der Waals surface area contributed by atoms with Gasteiger partial charge in [0, 0.05) is 12.8 Å². The van der Waals surface area contributed by atoms with E-state index in [2.05, 4.69) is 130 Å². The van der Waals surface area contributed by atoms with Crippen LogP contribution in [0, 0.1) is 0 Å². The van der Waals surface area contributed by atoms with Crippen LogP contribution in [0.1, 0.15) is 265 Å². The van der Waals surface area contributed by atoms with E-state index in [1.54, 1.807) is 6.08 Å². The summed E-state index contributed by atoms with van der Waals surface area (Å²) in [6, 6.07) is 0. The summed E-state index contributed by atoms with van der Waals surface area (Å²) < 4.78 is 16.7. The van der Waals surface area contributed by atoms with Gasteiger partial charge in [0.2, 0.25) is 0 Å². The van der Waals surface area contributed by atoms with Gasteiger partial charge in [0.1, 0.15) is 13.2 Å². The molecule has 6 nitrogen and oxygen atoms in total. The predicted octanol–water partition coefficient (Wildman–Crippen LogP) is 20.4. The Morgan fingerprint density at radius 3 is 0.904 bits per heavy atom. The Morgan fingerprint density at radius 2 is 0.575 bits per heavy atom. The lowest BCUT2D eigenvalue weighted by Crippen LogP contribution is -2.30. The Labute approximate surface area is 450 Å². The molecule has 0 saturated heterocycles. The first-order valence-corrected chi connectivity index (χ1v) is 30.0. The second-order valence-electron chi connectivity index (χ2n) is 19.5. The Hall–Kier alpha value is -4.19. The number of hydrogen-bond donors (Lipinski definition) is 0. The van der Waals surface area contributed by atoms with Crippen molar-refractivity contribution in [1.82, 2.24) is 0 Å². The van der Waals surface area contributed by atoms with E-state index >= 15 is 0 Å². The van der Waals surface area contributed by atoms with Gasteiger partial charge in [-0.3, -0.25) is 14.4 Å². The molecule has 0 saturated carbocycles. The third-order valence-electron chi connectivity index (χ3n) is 12.5. The molecule has 0 radical (unpaired) electrons. The van der Waals surface area contributed by atoms with Crippen molar-refractivity contribution in [3.8, 4) is 0 Å². The smallest absolute Gasteiger partial charge is 0.310 e. The van der Waals surface area contributed by atoms with E-state index < -0.39 is 12.1 Å². The first-order valence-electron chi connectivity index (χ1n) is 30.0. The second-order valence-corrected chi connectivity index (χ2v) is 19.5. The van der Waals surface area contributed by atoms with Crippen LogP contribution in [0.4, 0.5) is 0 Å². The average Bonchev–Trinajstić information content (AvgIpc) is 3.39. The molecule has 414 valence electrons. The number of carbonyl (C=O) groups excluding carboxylic acids is 3. The summed E-state index contributed by atoms with van der Waals surface area (Å²) >= 11 is 0. The summed E-state index contributed by atoms with van der Waals surface area (Å²) in [6.07, 6.45) is 84.1. The van der Waals surface area contributed by atoms with Crippen LogP contribution in [-0.4, -0.2) is 37.2 Å². The molecule has 0 bridgehead atoms. The quantitative estimate of drug-likeness (QED) is 0.0261. The van der Waals surface area contributed by atoms with E-state index in [4.69, 9.17) is 14.2 Å². The van der Waals surface area contributed by atoms with E-state index in [-0.39, 0.29) is 31.6 Å². The lowest BCUT2D eigenvalue weighted by Gasteiger charge is -2.18. The van der Waals surface area contributed by atoms with Crippen molar-refractivity contribution < 1.29 is 28.6 Å². The molecule has 0 aromatic heterocycles. The molecule has 0 aliphatic carbocycles. The molecule has 0 amide bonds. The summed E-state index contributed by atoms with van der Waals surface area (Å²) in [5.41, 5.74) is 0. The number of hydrogen-bond acceptors (Lipinski definition) is 6. The molecular formula is C67H110O6. The minimum Gasteiger partial charge on any atom is -0.462 e. The fourth-order valence-electron chi connectivity index (χ4n) is 8.07. The van der Waals surface area contributed by atoms with E-state index in [1.165, 1.54) is 122 Å². The van der Waals surface area contributed by atoms with Crippen LogP contribution in [0.25, 0.3) is 0 Å². The fraction of sp³-hybridized carbons (Fsp3) is 0.657. The summed E-state index contributed by atoms with van der Waals surface area (Å²) in [6.45, 7) is 6.28. The van der Waals surface area contributed by atoms with Gasteiger partial charge in [-0.25, -0.2) is 0 Å². The van der Waals surface area contributed by atoms with Gasteiger partial charge in [0.25, 0.3) is 0 Å². The highest BCUT2D eigenvalue weighted by Crippen LogP contribution is 2.16. The SMILES string of the molecule is CC/C=C\C/C=C\C/C=C\C/C=C\C/C=C\CCCCCCCCCCCCCCCCCCCC(=O)OCC(COC(=O)CCCCCCCCC)OC(=O)C/C=C\C/C=C\C/C=C\C/C=C\C/C=C\CC. The van der Waals surface area contributed by atoms with Gasteiger partial charge in [-0.1, -0.05) is 277 Å². The van der Waals surface area contributed by atoms with E-state index in [0.717, 1.165) is 103 Å². The lowest BCUT2D eigenvalue weighted by atomic mass is 10.0. The van der Waals surface area contributed by atoms with Crippen molar-refractivity contribution in [3.05, 3.63) is 122 Å². The maximum absolute atomic E-state index is 12.7. The maximum atomic E-state index is 12.7. The molecule has 6 heteroatoms. The van der Waals surface area contributed by atoms with E-state index in [1.807, 2.05) is 6.08 Å². The molecule has 0 heterocycles. The minimum atomic E-state index is -0.830. The Morgan fingerprint density at radius 1 is 0.301 bits per heavy atom. The molecule has 1 atom stereocenters. The van der Waals surface area contributed by atoms with Crippen LogP contribution in [0.2, 0.25) is 0 Å². The van der Waals surface area contributed by atoms with Crippen LogP contribution in [0.15, 0.2) is 122 Å². The number of carbonyl (C=O) groups is 3. The van der Waals surface area contributed by atoms with Gasteiger partial charge in [0.05, 0.1) is 6.42 Å². The standard InChI is InChI=1S/C67H110O6/c1-4-7-10-13-16-18-20-22-24-25-26-27-28-29-30-31-32-33-34-35-36-37-38-39-40-41-43-44-46-48-51-54-57-60-66(69)72-63-64(62-71-65(68)59-56-53-50-15-12-9-6-3)73-67(70)61-58-55-52-49-47-45-42-23-21-19-17-14-11-8-5-2/h7-8,10-11,16-19,22-24,26-27,29-30,42,47,49,55,58,64H,4-6,9,12-15,20-21,25,28,31-41,43-46,48,50-54,56-57,59-63H2,1-3H3/b10-7-,11-8-,18-16-,19-17-,24-22-,27-26-,30-29-,42-23-,49-47-,58-55-. The third kappa shape index (κ3) is 58.6. The summed E-state index contributed by atoms with van der Waals surface area (Å²) in [5.74, 6) is -1.05. The molecule has 0 aromatic carbocycles. The van der Waals surface area contributed by atoms with Gasteiger partial charge in [0.15, 0.2) is 6.10 Å². The van der Waals surface area contributed by atoms with Gasteiger partial charge in [-0.15, -0.1) is 0 Å². The Balaban J connectivity index is 4.09. The van der Waals surface area contributed by atoms with Crippen LogP contribution >= 0.6 is 0 Å². The lowest BCUT2D eigenvalue weighted by molar-refractivity contribution is -0.166. The highest BCUT2D eigenvalue weighted by atomic mass is 16.6. The maximum Gasteiger partial charge on any atom is 0.310 e. The third-order valence-corrected chi connectivity index (χ3v) is 12.5. The number of allylic oxidation sites excluding steroid dienone is 19. The number of unbranched alkanes of at least 4 members (excludes halogenated alkanes) is 23. The van der Waals surface area contributed by atoms with Crippen molar-refractivity contribution in [2.24, 2.45) is 0 Å². The predicted molar refractivity (Wildman–Crippen MR) is 316 cm³/mol. The van der Waals surface area contributed by atoms with Crippen molar-refractivity contribution in [2.45, 2.75) is 271 Å².